The average Bonchev–Trinajstić information content (AvgIpc) is 2.58. The van der Waals surface area contributed by atoms with Gasteiger partial charge in [0.25, 0.3) is 0 Å². The number of benzene rings is 1. The molecule has 2 rings (SSSR count). The highest BCUT2D eigenvalue weighted by atomic mass is 79.9. The van der Waals surface area contributed by atoms with Gasteiger partial charge in [-0.2, -0.15) is 0 Å². The number of nitrogens with zero attached hydrogens (tertiary/aromatic N) is 1. The molecule has 0 amide bonds. The molecular formula is C12H17BrN2. The van der Waals surface area contributed by atoms with E-state index in [9.17, 15) is 0 Å². The lowest BCUT2D eigenvalue weighted by Gasteiger charge is -2.14. The van der Waals surface area contributed by atoms with Crippen LogP contribution in [0.25, 0.3) is 0 Å². The van der Waals surface area contributed by atoms with Crippen molar-refractivity contribution in [2.45, 2.75) is 19.4 Å². The number of halogens is 1. The van der Waals surface area contributed by atoms with Crippen LogP contribution in [0.4, 0.5) is 5.69 Å². The van der Waals surface area contributed by atoms with Crippen LogP contribution >= 0.6 is 15.9 Å². The van der Waals surface area contributed by atoms with Crippen LogP contribution in [0.3, 0.4) is 0 Å². The number of hydrogen-bond donors (Lipinski definition) is 1. The number of rotatable bonds is 2. The molecule has 82 valence electrons. The Balaban J connectivity index is 2.02. The summed E-state index contributed by atoms with van der Waals surface area (Å²) in [5.74, 6) is 0. The van der Waals surface area contributed by atoms with Gasteiger partial charge in [0.15, 0.2) is 0 Å². The van der Waals surface area contributed by atoms with Crippen LogP contribution in [-0.2, 0) is 0 Å². The van der Waals surface area contributed by atoms with Crippen LogP contribution in [0, 0.1) is 6.92 Å². The van der Waals surface area contributed by atoms with Crippen LogP contribution in [-0.4, -0.2) is 31.1 Å². The van der Waals surface area contributed by atoms with Gasteiger partial charge in [-0.25, -0.2) is 0 Å². The molecule has 1 N–H and O–H groups in total. The maximum absolute atomic E-state index is 3.57. The number of likely N-dealkylation sites (N-methyl/N-ethyl adjacent to an activating group) is 1. The predicted molar refractivity (Wildman–Crippen MR) is 68.4 cm³/mol. The molecule has 15 heavy (non-hydrogen) atoms. The Kier molecular flexibility index (Phi) is 3.32. The van der Waals surface area contributed by atoms with Gasteiger partial charge in [0.1, 0.15) is 0 Å². The second kappa shape index (κ2) is 4.54. The van der Waals surface area contributed by atoms with Crippen molar-refractivity contribution in [3.8, 4) is 0 Å². The molecule has 1 atom stereocenters. The Hall–Kier alpha value is -0.540. The maximum atomic E-state index is 3.57. The molecule has 1 unspecified atom stereocenters. The summed E-state index contributed by atoms with van der Waals surface area (Å²) < 4.78 is 1.18. The highest BCUT2D eigenvalue weighted by Crippen LogP contribution is 2.22. The Morgan fingerprint density at radius 1 is 1.47 bits per heavy atom. The molecule has 0 spiro atoms. The third-order valence-corrected chi connectivity index (χ3v) is 3.79. The van der Waals surface area contributed by atoms with Crippen molar-refractivity contribution < 1.29 is 0 Å². The highest BCUT2D eigenvalue weighted by molar-refractivity contribution is 9.10. The van der Waals surface area contributed by atoms with Crippen molar-refractivity contribution >= 4 is 21.6 Å². The number of nitrogens with one attached hydrogen (secondary N) is 1. The first-order valence-electron chi connectivity index (χ1n) is 5.36. The molecule has 0 aromatic heterocycles. The van der Waals surface area contributed by atoms with E-state index in [1.165, 1.54) is 28.7 Å². The van der Waals surface area contributed by atoms with Crippen LogP contribution in [0.15, 0.2) is 22.7 Å². The van der Waals surface area contributed by atoms with E-state index in [-0.39, 0.29) is 0 Å². The largest absolute Gasteiger partial charge is 0.381 e. The molecule has 0 radical (unpaired) electrons. The summed E-state index contributed by atoms with van der Waals surface area (Å²) in [5, 5.41) is 3.57. The second-order valence-corrected chi connectivity index (χ2v) is 5.21. The summed E-state index contributed by atoms with van der Waals surface area (Å²) >= 11 is 3.56. The summed E-state index contributed by atoms with van der Waals surface area (Å²) in [7, 11) is 2.17. The Bertz CT molecular complexity index is 351. The van der Waals surface area contributed by atoms with Crippen LogP contribution in [0.1, 0.15) is 12.0 Å². The first-order chi connectivity index (χ1) is 7.15. The molecule has 3 heteroatoms. The van der Waals surface area contributed by atoms with Gasteiger partial charge in [0.05, 0.1) is 0 Å². The first kappa shape index (κ1) is 11.0. The van der Waals surface area contributed by atoms with Crippen LogP contribution < -0.4 is 5.32 Å². The average molecular weight is 269 g/mol. The van der Waals surface area contributed by atoms with Gasteiger partial charge >= 0.3 is 0 Å². The van der Waals surface area contributed by atoms with Crippen molar-refractivity contribution in [3.63, 3.8) is 0 Å². The normalized spacial score (nSPS) is 21.9. The third-order valence-electron chi connectivity index (χ3n) is 2.93. The summed E-state index contributed by atoms with van der Waals surface area (Å²) in [6, 6.07) is 7.06. The molecule has 2 nitrogen and oxygen atoms in total. The fourth-order valence-electron chi connectivity index (χ4n) is 1.97. The van der Waals surface area contributed by atoms with E-state index in [1.54, 1.807) is 0 Å². The zero-order valence-corrected chi connectivity index (χ0v) is 10.8. The molecule has 1 aliphatic rings. The maximum Gasteiger partial charge on any atom is 0.0400 e. The first-order valence-corrected chi connectivity index (χ1v) is 6.15. The molecule has 0 saturated carbocycles. The summed E-state index contributed by atoms with van der Waals surface area (Å²) in [5.41, 5.74) is 2.50. The van der Waals surface area contributed by atoms with E-state index in [4.69, 9.17) is 0 Å². The molecule has 1 aromatic rings. The summed E-state index contributed by atoms with van der Waals surface area (Å²) in [4.78, 5) is 2.36. The molecule has 1 saturated heterocycles. The van der Waals surface area contributed by atoms with E-state index >= 15 is 0 Å². The van der Waals surface area contributed by atoms with Gasteiger partial charge in [-0.1, -0.05) is 22.0 Å². The van der Waals surface area contributed by atoms with Crippen molar-refractivity contribution in [3.05, 3.63) is 28.2 Å². The van der Waals surface area contributed by atoms with E-state index < -0.39 is 0 Å². The zero-order valence-electron chi connectivity index (χ0n) is 9.26. The van der Waals surface area contributed by atoms with Gasteiger partial charge in [-0.3, -0.25) is 0 Å². The predicted octanol–water partition coefficient (Wildman–Crippen LogP) is 2.87. The molecule has 1 fully saturated rings. The Labute approximate surface area is 99.8 Å². The van der Waals surface area contributed by atoms with E-state index in [0.29, 0.717) is 6.04 Å². The molecule has 1 aromatic carbocycles. The minimum atomic E-state index is 0.601. The van der Waals surface area contributed by atoms with Crippen LogP contribution in [0.2, 0.25) is 0 Å². The molecular weight excluding hydrogens is 252 g/mol. The Morgan fingerprint density at radius 3 is 2.87 bits per heavy atom. The van der Waals surface area contributed by atoms with Gasteiger partial charge in [0, 0.05) is 22.7 Å². The molecule has 0 aliphatic carbocycles. The van der Waals surface area contributed by atoms with Gasteiger partial charge in [-0.15, -0.1) is 0 Å². The quantitative estimate of drug-likeness (QED) is 0.888. The standard InChI is InChI=1S/C12H17BrN2/c1-9-3-4-10(7-12(9)13)14-11-5-6-15(2)8-11/h3-4,7,11,14H,5-6,8H2,1-2H3. The second-order valence-electron chi connectivity index (χ2n) is 4.36. The van der Waals surface area contributed by atoms with E-state index in [0.717, 1.165) is 6.54 Å². The topological polar surface area (TPSA) is 15.3 Å². The fourth-order valence-corrected chi connectivity index (χ4v) is 2.35. The SMILES string of the molecule is Cc1ccc(NC2CCN(C)C2)cc1Br. The highest BCUT2D eigenvalue weighted by Gasteiger charge is 2.18. The minimum absolute atomic E-state index is 0.601. The fraction of sp³-hybridized carbons (Fsp3) is 0.500. The van der Waals surface area contributed by atoms with Crippen molar-refractivity contribution in [1.82, 2.24) is 4.90 Å². The smallest absolute Gasteiger partial charge is 0.0400 e. The molecule has 1 aliphatic heterocycles. The van der Waals surface area contributed by atoms with Crippen molar-refractivity contribution in [2.24, 2.45) is 0 Å². The monoisotopic (exact) mass is 268 g/mol. The number of aryl methyl sites for hydroxylation is 1. The van der Waals surface area contributed by atoms with E-state index in [2.05, 4.69) is 58.3 Å². The lowest BCUT2D eigenvalue weighted by molar-refractivity contribution is 0.414. The molecule has 1 heterocycles. The third kappa shape index (κ3) is 2.73. The lowest BCUT2D eigenvalue weighted by Crippen LogP contribution is -2.23. The summed E-state index contributed by atoms with van der Waals surface area (Å²) in [6.45, 7) is 4.45. The number of likely N-dealkylation sites (tertiary alicyclic amines) is 1. The zero-order chi connectivity index (χ0) is 10.8. The van der Waals surface area contributed by atoms with E-state index in [1.807, 2.05) is 0 Å². The lowest BCUT2D eigenvalue weighted by atomic mass is 10.2. The Morgan fingerprint density at radius 2 is 2.27 bits per heavy atom. The molecule has 0 bridgehead atoms. The minimum Gasteiger partial charge on any atom is -0.381 e. The van der Waals surface area contributed by atoms with Gasteiger partial charge in [-0.05, 0) is 44.6 Å². The number of hydrogen-bond acceptors (Lipinski definition) is 2. The number of anilines is 1. The van der Waals surface area contributed by atoms with Crippen molar-refractivity contribution in [1.29, 1.82) is 0 Å². The van der Waals surface area contributed by atoms with Gasteiger partial charge < -0.3 is 10.2 Å². The van der Waals surface area contributed by atoms with Gasteiger partial charge in [0.2, 0.25) is 0 Å². The van der Waals surface area contributed by atoms with Crippen LogP contribution in [0.5, 0.6) is 0 Å². The van der Waals surface area contributed by atoms with Crippen molar-refractivity contribution in [2.75, 3.05) is 25.5 Å². The summed E-state index contributed by atoms with van der Waals surface area (Å²) in [6.07, 6.45) is 1.24.